The standard InChI is InChI=1S/C15H30N2O/c1-5-13(6-2)17-15(18)12(4)16-14-10-8-7-9-11(14)3/h11-14,16H,5-10H2,1-4H3,(H,17,18). The Morgan fingerprint density at radius 1 is 1.22 bits per heavy atom. The van der Waals surface area contributed by atoms with Gasteiger partial charge in [0, 0.05) is 12.1 Å². The third kappa shape index (κ3) is 4.60. The monoisotopic (exact) mass is 254 g/mol. The van der Waals surface area contributed by atoms with Gasteiger partial charge in [0.25, 0.3) is 0 Å². The van der Waals surface area contributed by atoms with Crippen molar-refractivity contribution in [3.63, 3.8) is 0 Å². The minimum Gasteiger partial charge on any atom is -0.352 e. The summed E-state index contributed by atoms with van der Waals surface area (Å²) in [5, 5.41) is 6.63. The van der Waals surface area contributed by atoms with Crippen LogP contribution in [0.5, 0.6) is 0 Å². The Balaban J connectivity index is 2.38. The van der Waals surface area contributed by atoms with Gasteiger partial charge in [-0.05, 0) is 38.5 Å². The number of hydrogen-bond acceptors (Lipinski definition) is 2. The summed E-state index contributed by atoms with van der Waals surface area (Å²) in [6.07, 6.45) is 7.16. The van der Waals surface area contributed by atoms with Gasteiger partial charge in [-0.2, -0.15) is 0 Å². The van der Waals surface area contributed by atoms with E-state index in [1.165, 1.54) is 25.7 Å². The molecule has 0 aromatic heterocycles. The van der Waals surface area contributed by atoms with Crippen molar-refractivity contribution < 1.29 is 4.79 Å². The molecule has 3 unspecified atom stereocenters. The van der Waals surface area contributed by atoms with Gasteiger partial charge >= 0.3 is 0 Å². The van der Waals surface area contributed by atoms with E-state index in [0.29, 0.717) is 18.0 Å². The molecule has 0 bridgehead atoms. The molecule has 0 heterocycles. The minimum absolute atomic E-state index is 0.0730. The van der Waals surface area contributed by atoms with Crippen LogP contribution < -0.4 is 10.6 Å². The molecule has 1 saturated carbocycles. The summed E-state index contributed by atoms with van der Waals surface area (Å²) in [4.78, 5) is 12.1. The lowest BCUT2D eigenvalue weighted by atomic mass is 9.85. The largest absolute Gasteiger partial charge is 0.352 e. The van der Waals surface area contributed by atoms with Crippen LogP contribution in [0.25, 0.3) is 0 Å². The summed E-state index contributed by atoms with van der Waals surface area (Å²) in [5.74, 6) is 0.851. The molecule has 0 spiro atoms. The van der Waals surface area contributed by atoms with Crippen LogP contribution in [0, 0.1) is 5.92 Å². The van der Waals surface area contributed by atoms with Crippen molar-refractivity contribution in [2.24, 2.45) is 5.92 Å². The molecular formula is C15H30N2O. The number of carbonyl (C=O) groups is 1. The zero-order chi connectivity index (χ0) is 13.5. The molecule has 0 aromatic carbocycles. The zero-order valence-corrected chi connectivity index (χ0v) is 12.5. The smallest absolute Gasteiger partial charge is 0.237 e. The molecule has 1 fully saturated rings. The van der Waals surface area contributed by atoms with Crippen LogP contribution in [0.4, 0.5) is 0 Å². The van der Waals surface area contributed by atoms with Crippen molar-refractivity contribution in [2.45, 2.75) is 84.3 Å². The fourth-order valence-electron chi connectivity index (χ4n) is 2.78. The summed E-state index contributed by atoms with van der Waals surface area (Å²) < 4.78 is 0. The van der Waals surface area contributed by atoms with E-state index in [9.17, 15) is 4.79 Å². The van der Waals surface area contributed by atoms with Gasteiger partial charge in [0.15, 0.2) is 0 Å². The van der Waals surface area contributed by atoms with Crippen molar-refractivity contribution >= 4 is 5.91 Å². The molecule has 3 heteroatoms. The lowest BCUT2D eigenvalue weighted by Crippen LogP contribution is -2.51. The van der Waals surface area contributed by atoms with E-state index in [1.54, 1.807) is 0 Å². The highest BCUT2D eigenvalue weighted by atomic mass is 16.2. The summed E-state index contributed by atoms with van der Waals surface area (Å²) in [6, 6.07) is 0.767. The van der Waals surface area contributed by atoms with Crippen LogP contribution in [0.3, 0.4) is 0 Å². The molecule has 0 radical (unpaired) electrons. The average molecular weight is 254 g/mol. The van der Waals surface area contributed by atoms with E-state index in [1.807, 2.05) is 6.92 Å². The van der Waals surface area contributed by atoms with Gasteiger partial charge in [-0.15, -0.1) is 0 Å². The molecule has 3 atom stereocenters. The van der Waals surface area contributed by atoms with Crippen LogP contribution >= 0.6 is 0 Å². The second kappa shape index (κ2) is 7.78. The maximum Gasteiger partial charge on any atom is 0.237 e. The third-order valence-electron chi connectivity index (χ3n) is 4.30. The second-order valence-electron chi connectivity index (χ2n) is 5.78. The van der Waals surface area contributed by atoms with Crippen LogP contribution in [0.1, 0.15) is 66.2 Å². The number of hydrogen-bond donors (Lipinski definition) is 2. The van der Waals surface area contributed by atoms with E-state index >= 15 is 0 Å². The predicted molar refractivity (Wildman–Crippen MR) is 76.5 cm³/mol. The van der Waals surface area contributed by atoms with Crippen LogP contribution in [-0.4, -0.2) is 24.0 Å². The number of amides is 1. The lowest BCUT2D eigenvalue weighted by Gasteiger charge is -2.32. The fraction of sp³-hybridized carbons (Fsp3) is 0.933. The van der Waals surface area contributed by atoms with Gasteiger partial charge in [-0.25, -0.2) is 0 Å². The van der Waals surface area contributed by atoms with Crippen LogP contribution in [-0.2, 0) is 4.79 Å². The van der Waals surface area contributed by atoms with Gasteiger partial charge in [0.05, 0.1) is 6.04 Å². The maximum absolute atomic E-state index is 12.1. The van der Waals surface area contributed by atoms with Crippen LogP contribution in [0.2, 0.25) is 0 Å². The first-order valence-electron chi connectivity index (χ1n) is 7.64. The number of nitrogens with one attached hydrogen (secondary N) is 2. The fourth-order valence-corrected chi connectivity index (χ4v) is 2.78. The van der Waals surface area contributed by atoms with Gasteiger partial charge in [0.1, 0.15) is 0 Å². The van der Waals surface area contributed by atoms with Gasteiger partial charge in [-0.3, -0.25) is 4.79 Å². The van der Waals surface area contributed by atoms with Crippen molar-refractivity contribution in [2.75, 3.05) is 0 Å². The number of rotatable bonds is 6. The van der Waals surface area contributed by atoms with E-state index in [4.69, 9.17) is 0 Å². The van der Waals surface area contributed by atoms with E-state index in [-0.39, 0.29) is 11.9 Å². The molecule has 106 valence electrons. The molecule has 0 aliphatic heterocycles. The first-order valence-corrected chi connectivity index (χ1v) is 7.64. The molecule has 3 nitrogen and oxygen atoms in total. The van der Waals surface area contributed by atoms with Crippen molar-refractivity contribution in [3.8, 4) is 0 Å². The normalized spacial score (nSPS) is 26.1. The molecule has 1 rings (SSSR count). The highest BCUT2D eigenvalue weighted by molar-refractivity contribution is 5.81. The highest BCUT2D eigenvalue weighted by Crippen LogP contribution is 2.24. The summed E-state index contributed by atoms with van der Waals surface area (Å²) in [6.45, 7) is 8.52. The zero-order valence-electron chi connectivity index (χ0n) is 12.5. The SMILES string of the molecule is CCC(CC)NC(=O)C(C)NC1CCCCC1C. The second-order valence-corrected chi connectivity index (χ2v) is 5.78. The molecular weight excluding hydrogens is 224 g/mol. The summed E-state index contributed by atoms with van der Waals surface area (Å²) >= 11 is 0. The summed E-state index contributed by atoms with van der Waals surface area (Å²) in [7, 11) is 0. The Morgan fingerprint density at radius 2 is 1.83 bits per heavy atom. The highest BCUT2D eigenvalue weighted by Gasteiger charge is 2.25. The number of carbonyl (C=O) groups excluding carboxylic acids is 1. The predicted octanol–water partition coefficient (Wildman–Crippen LogP) is 2.85. The van der Waals surface area contributed by atoms with Crippen LogP contribution in [0.15, 0.2) is 0 Å². The molecule has 1 aliphatic rings. The lowest BCUT2D eigenvalue weighted by molar-refractivity contribution is -0.123. The molecule has 0 saturated heterocycles. The quantitative estimate of drug-likeness (QED) is 0.765. The van der Waals surface area contributed by atoms with Crippen molar-refractivity contribution in [1.29, 1.82) is 0 Å². The van der Waals surface area contributed by atoms with Crippen molar-refractivity contribution in [1.82, 2.24) is 10.6 Å². The first-order chi connectivity index (χ1) is 8.58. The molecule has 2 N–H and O–H groups in total. The van der Waals surface area contributed by atoms with E-state index < -0.39 is 0 Å². The van der Waals surface area contributed by atoms with Gasteiger partial charge < -0.3 is 10.6 Å². The molecule has 18 heavy (non-hydrogen) atoms. The maximum atomic E-state index is 12.1. The third-order valence-corrected chi connectivity index (χ3v) is 4.30. The Labute approximate surface area is 112 Å². The van der Waals surface area contributed by atoms with E-state index in [2.05, 4.69) is 31.4 Å². The van der Waals surface area contributed by atoms with Crippen molar-refractivity contribution in [3.05, 3.63) is 0 Å². The topological polar surface area (TPSA) is 41.1 Å². The molecule has 1 amide bonds. The average Bonchev–Trinajstić information content (AvgIpc) is 2.38. The molecule has 1 aliphatic carbocycles. The molecule has 0 aromatic rings. The van der Waals surface area contributed by atoms with Gasteiger partial charge in [0.2, 0.25) is 5.91 Å². The Bertz CT molecular complexity index is 251. The van der Waals surface area contributed by atoms with Gasteiger partial charge in [-0.1, -0.05) is 33.6 Å². The minimum atomic E-state index is -0.0730. The first kappa shape index (κ1) is 15.5. The van der Waals surface area contributed by atoms with E-state index in [0.717, 1.165) is 12.8 Å². The Hall–Kier alpha value is -0.570. The Kier molecular flexibility index (Phi) is 6.69. The Morgan fingerprint density at radius 3 is 2.39 bits per heavy atom. The summed E-state index contributed by atoms with van der Waals surface area (Å²) in [5.41, 5.74) is 0.